The number of fused-ring (bicyclic) bond motifs is 1. The van der Waals surface area contributed by atoms with Gasteiger partial charge in [-0.2, -0.15) is 0 Å². The Kier molecular flexibility index (Phi) is 5.83. The van der Waals surface area contributed by atoms with Gasteiger partial charge < -0.3 is 15.1 Å². The molecule has 4 rings (SSSR count). The van der Waals surface area contributed by atoms with Crippen molar-refractivity contribution < 1.29 is 4.79 Å². The number of carbonyl (C=O) groups is 1. The highest BCUT2D eigenvalue weighted by Gasteiger charge is 2.28. The fraction of sp³-hybridized carbons (Fsp3) is 0.476. The molecule has 8 heteroatoms. The van der Waals surface area contributed by atoms with E-state index < -0.39 is 0 Å². The number of urea groups is 1. The van der Waals surface area contributed by atoms with Crippen molar-refractivity contribution in [3.05, 3.63) is 45.3 Å². The highest BCUT2D eigenvalue weighted by atomic mass is 35.5. The van der Waals surface area contributed by atoms with Gasteiger partial charge in [0.15, 0.2) is 0 Å². The summed E-state index contributed by atoms with van der Waals surface area (Å²) in [6, 6.07) is 4.86. The molecule has 2 amide bonds. The second-order valence-corrected chi connectivity index (χ2v) is 8.76. The zero-order chi connectivity index (χ0) is 20.5. The van der Waals surface area contributed by atoms with Gasteiger partial charge in [0.2, 0.25) is 0 Å². The van der Waals surface area contributed by atoms with Crippen LogP contribution in [0.4, 0.5) is 16.3 Å². The molecule has 0 radical (unpaired) electrons. The molecule has 0 saturated carbocycles. The fourth-order valence-corrected chi connectivity index (χ4v) is 4.41. The lowest BCUT2D eigenvalue weighted by atomic mass is 9.98. The largest absolute Gasteiger partial charge is 0.356 e. The standard InChI is InChI=1S/C21H25Cl2N5O/c1-13-5-8-27(9-6-13)20-16-12-28(10-7-18(16)24-14(2)25-20)21(29)26-19-4-3-15(22)11-17(19)23/h3-4,11,13H,5-10,12H2,1-2H3,(H,26,29). The number of nitrogens with zero attached hydrogens (tertiary/aromatic N) is 4. The van der Waals surface area contributed by atoms with E-state index in [9.17, 15) is 4.79 Å². The Labute approximate surface area is 181 Å². The lowest BCUT2D eigenvalue weighted by Crippen LogP contribution is -2.41. The Morgan fingerprint density at radius 1 is 1.17 bits per heavy atom. The minimum absolute atomic E-state index is 0.182. The maximum absolute atomic E-state index is 12.9. The summed E-state index contributed by atoms with van der Waals surface area (Å²) < 4.78 is 0. The third-order valence-electron chi connectivity index (χ3n) is 5.69. The van der Waals surface area contributed by atoms with Gasteiger partial charge in [0.25, 0.3) is 0 Å². The number of amides is 2. The summed E-state index contributed by atoms with van der Waals surface area (Å²) in [6.45, 7) is 7.34. The lowest BCUT2D eigenvalue weighted by molar-refractivity contribution is 0.206. The van der Waals surface area contributed by atoms with Gasteiger partial charge in [-0.3, -0.25) is 0 Å². The van der Waals surface area contributed by atoms with Crippen LogP contribution in [0, 0.1) is 12.8 Å². The Morgan fingerprint density at radius 2 is 1.93 bits per heavy atom. The van der Waals surface area contributed by atoms with E-state index in [-0.39, 0.29) is 6.03 Å². The lowest BCUT2D eigenvalue weighted by Gasteiger charge is -2.36. The summed E-state index contributed by atoms with van der Waals surface area (Å²) in [6.07, 6.45) is 3.05. The van der Waals surface area contributed by atoms with Crippen LogP contribution in [0.25, 0.3) is 0 Å². The number of aryl methyl sites for hydroxylation is 1. The number of rotatable bonds is 2. The van der Waals surface area contributed by atoms with Gasteiger partial charge in [-0.15, -0.1) is 0 Å². The molecule has 1 saturated heterocycles. The number of piperidine rings is 1. The first-order valence-corrected chi connectivity index (χ1v) is 10.8. The zero-order valence-corrected chi connectivity index (χ0v) is 18.2. The number of halogens is 2. The smallest absolute Gasteiger partial charge is 0.322 e. The van der Waals surface area contributed by atoms with Crippen molar-refractivity contribution in [3.63, 3.8) is 0 Å². The van der Waals surface area contributed by atoms with E-state index in [2.05, 4.69) is 22.1 Å². The fourth-order valence-electron chi connectivity index (χ4n) is 3.96. The molecule has 2 aromatic rings. The van der Waals surface area contributed by atoms with Crippen molar-refractivity contribution in [1.82, 2.24) is 14.9 Å². The Morgan fingerprint density at radius 3 is 2.66 bits per heavy atom. The van der Waals surface area contributed by atoms with Crippen molar-refractivity contribution in [1.29, 1.82) is 0 Å². The van der Waals surface area contributed by atoms with Gasteiger partial charge in [-0.25, -0.2) is 14.8 Å². The van der Waals surface area contributed by atoms with Crippen LogP contribution >= 0.6 is 23.2 Å². The Balaban J connectivity index is 1.54. The molecule has 2 aliphatic rings. The number of nitrogens with one attached hydrogen (secondary N) is 1. The molecule has 1 aromatic heterocycles. The second kappa shape index (κ2) is 8.36. The molecule has 2 aliphatic heterocycles. The Hall–Kier alpha value is -2.05. The average Bonchev–Trinajstić information content (AvgIpc) is 2.69. The van der Waals surface area contributed by atoms with Crippen molar-refractivity contribution in [2.45, 2.75) is 39.7 Å². The maximum Gasteiger partial charge on any atom is 0.322 e. The molecule has 1 N–H and O–H groups in total. The summed E-state index contributed by atoms with van der Waals surface area (Å²) in [5, 5.41) is 3.85. The van der Waals surface area contributed by atoms with Crippen LogP contribution in [0.2, 0.25) is 10.0 Å². The SMILES string of the molecule is Cc1nc2c(c(N3CCC(C)CC3)n1)CN(C(=O)Nc1ccc(Cl)cc1Cl)CC2. The third-order valence-corrected chi connectivity index (χ3v) is 6.24. The highest BCUT2D eigenvalue weighted by molar-refractivity contribution is 6.36. The van der Waals surface area contributed by atoms with E-state index in [0.717, 1.165) is 61.2 Å². The summed E-state index contributed by atoms with van der Waals surface area (Å²) in [7, 11) is 0. The predicted molar refractivity (Wildman–Crippen MR) is 117 cm³/mol. The number of hydrogen-bond donors (Lipinski definition) is 1. The Bertz CT molecular complexity index is 928. The van der Waals surface area contributed by atoms with E-state index in [1.165, 1.54) is 0 Å². The summed E-state index contributed by atoms with van der Waals surface area (Å²) in [5.41, 5.74) is 2.67. The molecule has 0 spiro atoms. The number of anilines is 2. The van der Waals surface area contributed by atoms with E-state index in [1.54, 1.807) is 23.1 Å². The van der Waals surface area contributed by atoms with Gasteiger partial charge >= 0.3 is 6.03 Å². The van der Waals surface area contributed by atoms with Crippen LogP contribution in [-0.4, -0.2) is 40.5 Å². The summed E-state index contributed by atoms with van der Waals surface area (Å²) in [5.74, 6) is 2.53. The summed E-state index contributed by atoms with van der Waals surface area (Å²) >= 11 is 12.2. The summed E-state index contributed by atoms with van der Waals surface area (Å²) in [4.78, 5) is 26.4. The molecule has 29 heavy (non-hydrogen) atoms. The van der Waals surface area contributed by atoms with Gasteiger partial charge in [0.05, 0.1) is 22.9 Å². The van der Waals surface area contributed by atoms with Crippen molar-refractivity contribution >= 4 is 40.7 Å². The van der Waals surface area contributed by atoms with Crippen molar-refractivity contribution in [2.24, 2.45) is 5.92 Å². The van der Waals surface area contributed by atoms with Crippen LogP contribution in [0.5, 0.6) is 0 Å². The van der Waals surface area contributed by atoms with Gasteiger partial charge in [0.1, 0.15) is 11.6 Å². The first kappa shape index (κ1) is 20.2. The minimum atomic E-state index is -0.182. The highest BCUT2D eigenvalue weighted by Crippen LogP contribution is 2.31. The molecule has 1 aromatic carbocycles. The molecule has 0 aliphatic carbocycles. The van der Waals surface area contributed by atoms with Crippen LogP contribution in [0.1, 0.15) is 36.8 Å². The zero-order valence-electron chi connectivity index (χ0n) is 16.7. The van der Waals surface area contributed by atoms with Gasteiger partial charge in [-0.1, -0.05) is 30.1 Å². The average molecular weight is 434 g/mol. The number of aromatic nitrogens is 2. The molecule has 0 atom stereocenters. The molecule has 6 nitrogen and oxygen atoms in total. The van der Waals surface area contributed by atoms with Crippen LogP contribution in [-0.2, 0) is 13.0 Å². The molecular formula is C21H25Cl2N5O. The quantitative estimate of drug-likeness (QED) is 0.729. The predicted octanol–water partition coefficient (Wildman–Crippen LogP) is 4.92. The molecule has 0 bridgehead atoms. The molecule has 1 fully saturated rings. The second-order valence-electron chi connectivity index (χ2n) is 7.92. The number of hydrogen-bond acceptors (Lipinski definition) is 4. The van der Waals surface area contributed by atoms with E-state index in [0.29, 0.717) is 28.8 Å². The molecule has 154 valence electrons. The maximum atomic E-state index is 12.9. The first-order chi connectivity index (χ1) is 13.9. The molecule has 3 heterocycles. The van der Waals surface area contributed by atoms with Crippen LogP contribution < -0.4 is 10.2 Å². The van der Waals surface area contributed by atoms with Crippen molar-refractivity contribution in [2.75, 3.05) is 29.9 Å². The monoisotopic (exact) mass is 433 g/mol. The topological polar surface area (TPSA) is 61.4 Å². The molecular weight excluding hydrogens is 409 g/mol. The van der Waals surface area contributed by atoms with Gasteiger partial charge in [0, 0.05) is 36.6 Å². The van der Waals surface area contributed by atoms with E-state index in [4.69, 9.17) is 28.2 Å². The van der Waals surface area contributed by atoms with Crippen LogP contribution in [0.15, 0.2) is 18.2 Å². The molecule has 0 unspecified atom stereocenters. The van der Waals surface area contributed by atoms with Crippen molar-refractivity contribution in [3.8, 4) is 0 Å². The number of benzene rings is 1. The van der Waals surface area contributed by atoms with E-state index in [1.807, 2.05) is 6.92 Å². The van der Waals surface area contributed by atoms with E-state index >= 15 is 0 Å². The number of carbonyl (C=O) groups excluding carboxylic acids is 1. The first-order valence-electron chi connectivity index (χ1n) is 10.0. The third kappa shape index (κ3) is 4.43. The van der Waals surface area contributed by atoms with Crippen LogP contribution in [0.3, 0.4) is 0 Å². The minimum Gasteiger partial charge on any atom is -0.356 e. The normalized spacial score (nSPS) is 17.2. The van der Waals surface area contributed by atoms with Gasteiger partial charge in [-0.05, 0) is 43.9 Å².